The van der Waals surface area contributed by atoms with Crippen LogP contribution in [0.4, 0.5) is 0 Å². The van der Waals surface area contributed by atoms with E-state index in [1.54, 1.807) is 0 Å². The van der Waals surface area contributed by atoms with E-state index < -0.39 is 11.4 Å². The summed E-state index contributed by atoms with van der Waals surface area (Å²) in [6, 6.07) is 0. The van der Waals surface area contributed by atoms with Gasteiger partial charge in [0.15, 0.2) is 0 Å². The van der Waals surface area contributed by atoms with Gasteiger partial charge in [0.2, 0.25) is 0 Å². The molecule has 0 saturated carbocycles. The molecule has 0 aromatic carbocycles. The highest BCUT2D eigenvalue weighted by Gasteiger charge is 2.36. The van der Waals surface area contributed by atoms with Crippen molar-refractivity contribution in [1.82, 2.24) is 4.98 Å². The van der Waals surface area contributed by atoms with Crippen LogP contribution in [0.5, 0.6) is 0 Å². The van der Waals surface area contributed by atoms with E-state index in [9.17, 15) is 9.90 Å². The number of nitrogens with zero attached hydrogens (tertiary/aromatic N) is 1. The van der Waals surface area contributed by atoms with Crippen molar-refractivity contribution in [3.63, 3.8) is 0 Å². The third kappa shape index (κ3) is 2.54. The second-order valence-electron chi connectivity index (χ2n) is 3.70. The van der Waals surface area contributed by atoms with Gasteiger partial charge < -0.3 is 10.8 Å². The fourth-order valence-corrected chi connectivity index (χ4v) is 2.34. The summed E-state index contributed by atoms with van der Waals surface area (Å²) < 4.78 is 0. The molecule has 0 bridgehead atoms. The van der Waals surface area contributed by atoms with Crippen molar-refractivity contribution in [2.45, 2.75) is 26.7 Å². The number of rotatable bonds is 5. The summed E-state index contributed by atoms with van der Waals surface area (Å²) in [6.45, 7) is 3.90. The van der Waals surface area contributed by atoms with Gasteiger partial charge in [-0.05, 0) is 13.3 Å². The first-order valence-electron chi connectivity index (χ1n) is 4.88. The number of carboxylic acid groups (broad SMARTS) is 1. The van der Waals surface area contributed by atoms with Crippen LogP contribution in [0.1, 0.15) is 24.0 Å². The molecule has 0 amide bonds. The lowest BCUT2D eigenvalue weighted by Crippen LogP contribution is -2.40. The molecule has 5 heteroatoms. The van der Waals surface area contributed by atoms with Crippen LogP contribution >= 0.6 is 11.3 Å². The maximum Gasteiger partial charge on any atom is 0.311 e. The minimum atomic E-state index is -0.857. The van der Waals surface area contributed by atoms with Crippen molar-refractivity contribution < 1.29 is 9.90 Å². The van der Waals surface area contributed by atoms with Crippen LogP contribution in [0.3, 0.4) is 0 Å². The second-order valence-corrected chi connectivity index (χ2v) is 4.65. The first-order valence-corrected chi connectivity index (χ1v) is 5.76. The normalized spacial score (nSPS) is 14.9. The molecule has 84 valence electrons. The van der Waals surface area contributed by atoms with Gasteiger partial charge >= 0.3 is 5.97 Å². The predicted octanol–water partition coefficient (Wildman–Crippen LogP) is 1.43. The highest BCUT2D eigenvalue weighted by molar-refractivity contribution is 7.09. The average Bonchev–Trinajstić information content (AvgIpc) is 2.60. The smallest absolute Gasteiger partial charge is 0.311 e. The molecular weight excluding hydrogens is 212 g/mol. The van der Waals surface area contributed by atoms with Crippen LogP contribution in [0, 0.1) is 12.3 Å². The molecule has 1 atom stereocenters. The summed E-state index contributed by atoms with van der Waals surface area (Å²) in [4.78, 5) is 15.5. The number of carboxylic acids is 1. The zero-order valence-corrected chi connectivity index (χ0v) is 9.80. The van der Waals surface area contributed by atoms with Crippen molar-refractivity contribution >= 4 is 17.3 Å². The van der Waals surface area contributed by atoms with Crippen molar-refractivity contribution in [3.05, 3.63) is 16.1 Å². The van der Waals surface area contributed by atoms with Crippen LogP contribution in [0.15, 0.2) is 5.38 Å². The van der Waals surface area contributed by atoms with E-state index in [1.165, 1.54) is 11.3 Å². The molecule has 1 rings (SSSR count). The summed E-state index contributed by atoms with van der Waals surface area (Å²) in [5.41, 5.74) is 5.65. The standard InChI is InChI=1S/C10H16N2O2S/c1-3-10(6-11,9(13)14)4-8-12-7(2)5-15-8/h5H,3-4,6,11H2,1-2H3,(H,13,14). The molecule has 0 aliphatic carbocycles. The molecule has 1 unspecified atom stereocenters. The number of thiazole rings is 1. The Balaban J connectivity index is 2.88. The minimum Gasteiger partial charge on any atom is -0.481 e. The van der Waals surface area contributed by atoms with E-state index in [0.29, 0.717) is 12.8 Å². The Hall–Kier alpha value is -0.940. The zero-order valence-electron chi connectivity index (χ0n) is 8.99. The topological polar surface area (TPSA) is 76.2 Å². The Kier molecular flexibility index (Phi) is 3.82. The van der Waals surface area contributed by atoms with Gasteiger partial charge in [0, 0.05) is 24.0 Å². The van der Waals surface area contributed by atoms with Gasteiger partial charge in [-0.1, -0.05) is 6.92 Å². The molecular formula is C10H16N2O2S. The van der Waals surface area contributed by atoms with E-state index in [4.69, 9.17) is 5.73 Å². The Labute approximate surface area is 93.1 Å². The molecule has 0 fully saturated rings. The monoisotopic (exact) mass is 228 g/mol. The van der Waals surface area contributed by atoms with Crippen molar-refractivity contribution in [3.8, 4) is 0 Å². The molecule has 0 radical (unpaired) electrons. The first kappa shape index (κ1) is 12.1. The third-order valence-electron chi connectivity index (χ3n) is 2.68. The maximum absolute atomic E-state index is 11.2. The average molecular weight is 228 g/mol. The predicted molar refractivity (Wildman–Crippen MR) is 60.0 cm³/mol. The number of aryl methyl sites for hydroxylation is 1. The molecule has 4 nitrogen and oxygen atoms in total. The Morgan fingerprint density at radius 1 is 1.73 bits per heavy atom. The van der Waals surface area contributed by atoms with Gasteiger partial charge in [0.05, 0.1) is 10.4 Å². The number of hydrogen-bond donors (Lipinski definition) is 2. The molecule has 15 heavy (non-hydrogen) atoms. The highest BCUT2D eigenvalue weighted by Crippen LogP contribution is 2.27. The number of aromatic nitrogens is 1. The lowest BCUT2D eigenvalue weighted by molar-refractivity contribution is -0.148. The molecule has 1 aromatic rings. The Morgan fingerprint density at radius 2 is 2.40 bits per heavy atom. The van der Waals surface area contributed by atoms with Gasteiger partial charge in [-0.15, -0.1) is 11.3 Å². The van der Waals surface area contributed by atoms with E-state index in [2.05, 4.69) is 4.98 Å². The maximum atomic E-state index is 11.2. The fraction of sp³-hybridized carbons (Fsp3) is 0.600. The molecule has 0 spiro atoms. The van der Waals surface area contributed by atoms with Gasteiger partial charge in [0.1, 0.15) is 0 Å². The summed E-state index contributed by atoms with van der Waals surface area (Å²) in [6.07, 6.45) is 0.950. The molecule has 1 heterocycles. The summed E-state index contributed by atoms with van der Waals surface area (Å²) >= 11 is 1.49. The largest absolute Gasteiger partial charge is 0.481 e. The van der Waals surface area contributed by atoms with Crippen molar-refractivity contribution in [1.29, 1.82) is 0 Å². The van der Waals surface area contributed by atoms with Gasteiger partial charge in [-0.25, -0.2) is 4.98 Å². The van der Waals surface area contributed by atoms with Crippen molar-refractivity contribution in [2.75, 3.05) is 6.54 Å². The van der Waals surface area contributed by atoms with Crippen LogP contribution < -0.4 is 5.73 Å². The fourth-order valence-electron chi connectivity index (χ4n) is 1.43. The van der Waals surface area contributed by atoms with Crippen molar-refractivity contribution in [2.24, 2.45) is 11.1 Å². The molecule has 3 N–H and O–H groups in total. The van der Waals surface area contributed by atoms with E-state index in [-0.39, 0.29) is 6.54 Å². The SMILES string of the molecule is CCC(CN)(Cc1nc(C)cs1)C(=O)O. The number of hydrogen-bond acceptors (Lipinski definition) is 4. The van der Waals surface area contributed by atoms with Gasteiger partial charge in [0.25, 0.3) is 0 Å². The quantitative estimate of drug-likeness (QED) is 0.799. The zero-order chi connectivity index (χ0) is 11.5. The van der Waals surface area contributed by atoms with Crippen LogP contribution in [0.2, 0.25) is 0 Å². The molecule has 0 saturated heterocycles. The number of aliphatic carboxylic acids is 1. The highest BCUT2D eigenvalue weighted by atomic mass is 32.1. The molecule has 1 aromatic heterocycles. The summed E-state index contributed by atoms with van der Waals surface area (Å²) in [7, 11) is 0. The summed E-state index contributed by atoms with van der Waals surface area (Å²) in [5.74, 6) is -0.833. The van der Waals surface area contributed by atoms with E-state index in [1.807, 2.05) is 19.2 Å². The third-order valence-corrected chi connectivity index (χ3v) is 3.64. The second kappa shape index (κ2) is 4.72. The summed E-state index contributed by atoms with van der Waals surface area (Å²) in [5, 5.41) is 12.0. The lowest BCUT2D eigenvalue weighted by atomic mass is 9.82. The number of nitrogens with two attached hydrogens (primary N) is 1. The number of carbonyl (C=O) groups is 1. The van der Waals surface area contributed by atoms with E-state index >= 15 is 0 Å². The Morgan fingerprint density at radius 3 is 2.73 bits per heavy atom. The molecule has 0 aliphatic heterocycles. The van der Waals surface area contributed by atoms with Gasteiger partial charge in [-0.3, -0.25) is 4.79 Å². The van der Waals surface area contributed by atoms with Gasteiger partial charge in [-0.2, -0.15) is 0 Å². The lowest BCUT2D eigenvalue weighted by Gasteiger charge is -2.25. The molecule has 0 aliphatic rings. The van der Waals surface area contributed by atoms with E-state index in [0.717, 1.165) is 10.7 Å². The van der Waals surface area contributed by atoms with Crippen LogP contribution in [0.25, 0.3) is 0 Å². The Bertz CT molecular complexity index is 345. The van der Waals surface area contributed by atoms with Crippen LogP contribution in [-0.2, 0) is 11.2 Å². The minimum absolute atomic E-state index is 0.150. The first-order chi connectivity index (χ1) is 7.04. The van der Waals surface area contributed by atoms with Crippen LogP contribution in [-0.4, -0.2) is 22.6 Å².